The Balaban J connectivity index is 1.66. The molecule has 1 unspecified atom stereocenters. The monoisotopic (exact) mass is 369 g/mol. The number of rotatable bonds is 4. The number of fused-ring (bicyclic) bond motifs is 1. The highest BCUT2D eigenvalue weighted by atomic mass is 16.5. The van der Waals surface area contributed by atoms with Crippen molar-refractivity contribution in [2.45, 2.75) is 32.4 Å². The van der Waals surface area contributed by atoms with E-state index in [-0.39, 0.29) is 17.5 Å². The van der Waals surface area contributed by atoms with Crippen molar-refractivity contribution in [1.29, 1.82) is 0 Å². The van der Waals surface area contributed by atoms with Crippen LogP contribution in [0.3, 0.4) is 0 Å². The Bertz CT molecular complexity index is 1010. The molecule has 1 atom stereocenters. The van der Waals surface area contributed by atoms with Gasteiger partial charge in [-0.15, -0.1) is 10.2 Å². The molecular weight excluding hydrogens is 346 g/mol. The maximum atomic E-state index is 12.7. The second kappa shape index (κ2) is 7.21. The molecule has 0 amide bonds. The predicted octanol–water partition coefficient (Wildman–Crippen LogP) is 2.01. The molecule has 0 radical (unpaired) electrons. The highest BCUT2D eigenvalue weighted by molar-refractivity contribution is 5.77. The zero-order valence-corrected chi connectivity index (χ0v) is 15.8. The molecule has 0 spiro atoms. The fourth-order valence-corrected chi connectivity index (χ4v) is 3.26. The third kappa shape index (κ3) is 3.38. The van der Waals surface area contributed by atoms with E-state index in [1.165, 1.54) is 0 Å². The van der Waals surface area contributed by atoms with Gasteiger partial charge in [-0.05, 0) is 12.1 Å². The molecule has 0 aliphatic carbocycles. The summed E-state index contributed by atoms with van der Waals surface area (Å²) in [5, 5.41) is 8.98. The average molecular weight is 369 g/mol. The zero-order chi connectivity index (χ0) is 19.0. The van der Waals surface area contributed by atoms with Crippen molar-refractivity contribution in [2.24, 2.45) is 7.05 Å². The Labute approximate surface area is 156 Å². The SMILES string of the molecule is CC(C)c1nnc(C2COCCN2Cc2nc3ccccc3c(=O)n2C)o1. The van der Waals surface area contributed by atoms with Gasteiger partial charge in [0, 0.05) is 19.5 Å². The van der Waals surface area contributed by atoms with E-state index >= 15 is 0 Å². The lowest BCUT2D eigenvalue weighted by Gasteiger charge is -2.33. The minimum absolute atomic E-state index is 0.0414. The summed E-state index contributed by atoms with van der Waals surface area (Å²) in [6.45, 7) is 6.32. The molecule has 8 nitrogen and oxygen atoms in total. The van der Waals surface area contributed by atoms with Gasteiger partial charge < -0.3 is 9.15 Å². The first-order valence-electron chi connectivity index (χ1n) is 9.14. The average Bonchev–Trinajstić information content (AvgIpc) is 3.17. The zero-order valence-electron chi connectivity index (χ0n) is 15.8. The van der Waals surface area contributed by atoms with Gasteiger partial charge in [0.15, 0.2) is 0 Å². The Hall–Kier alpha value is -2.58. The van der Waals surface area contributed by atoms with E-state index in [0.29, 0.717) is 54.8 Å². The maximum absolute atomic E-state index is 12.7. The first-order chi connectivity index (χ1) is 13.0. The summed E-state index contributed by atoms with van der Waals surface area (Å²) in [4.78, 5) is 19.5. The summed E-state index contributed by atoms with van der Waals surface area (Å²) in [6, 6.07) is 7.26. The third-order valence-electron chi connectivity index (χ3n) is 4.89. The van der Waals surface area contributed by atoms with Crippen LogP contribution in [0.1, 0.15) is 43.4 Å². The smallest absolute Gasteiger partial charge is 0.261 e. The highest BCUT2D eigenvalue weighted by Gasteiger charge is 2.30. The Morgan fingerprint density at radius 1 is 1.26 bits per heavy atom. The first-order valence-corrected chi connectivity index (χ1v) is 9.14. The summed E-state index contributed by atoms with van der Waals surface area (Å²) in [7, 11) is 1.76. The third-order valence-corrected chi connectivity index (χ3v) is 4.89. The molecule has 4 rings (SSSR count). The fraction of sp³-hybridized carbons (Fsp3) is 0.474. The van der Waals surface area contributed by atoms with Crippen LogP contribution in [0.2, 0.25) is 0 Å². The molecule has 0 bridgehead atoms. The topological polar surface area (TPSA) is 86.3 Å². The van der Waals surface area contributed by atoms with Crippen molar-refractivity contribution < 1.29 is 9.15 Å². The van der Waals surface area contributed by atoms with E-state index in [9.17, 15) is 4.79 Å². The Morgan fingerprint density at radius 3 is 2.85 bits per heavy atom. The van der Waals surface area contributed by atoms with E-state index in [1.807, 2.05) is 32.0 Å². The molecule has 2 aromatic heterocycles. The second-order valence-electron chi connectivity index (χ2n) is 7.10. The van der Waals surface area contributed by atoms with Crippen molar-refractivity contribution in [2.75, 3.05) is 19.8 Å². The largest absolute Gasteiger partial charge is 0.423 e. The molecule has 1 aliphatic heterocycles. The first kappa shape index (κ1) is 17.8. The Kier molecular flexibility index (Phi) is 4.75. The van der Waals surface area contributed by atoms with Crippen LogP contribution in [0, 0.1) is 0 Å². The summed E-state index contributed by atoms with van der Waals surface area (Å²) in [5.74, 6) is 2.04. The van der Waals surface area contributed by atoms with Gasteiger partial charge in [-0.25, -0.2) is 4.98 Å². The van der Waals surface area contributed by atoms with E-state index in [1.54, 1.807) is 17.7 Å². The summed E-state index contributed by atoms with van der Waals surface area (Å²) in [5.41, 5.74) is 0.667. The van der Waals surface area contributed by atoms with Crippen LogP contribution in [0.4, 0.5) is 0 Å². The molecule has 0 saturated carbocycles. The van der Waals surface area contributed by atoms with E-state index in [2.05, 4.69) is 15.1 Å². The number of nitrogens with zero attached hydrogens (tertiary/aromatic N) is 5. The molecule has 1 saturated heterocycles. The van der Waals surface area contributed by atoms with Gasteiger partial charge in [-0.2, -0.15) is 0 Å². The molecular formula is C19H23N5O3. The van der Waals surface area contributed by atoms with Crippen molar-refractivity contribution in [3.05, 3.63) is 52.2 Å². The van der Waals surface area contributed by atoms with E-state index in [4.69, 9.17) is 14.1 Å². The van der Waals surface area contributed by atoms with E-state index < -0.39 is 0 Å². The molecule has 142 valence electrons. The summed E-state index contributed by atoms with van der Waals surface area (Å²) in [6.07, 6.45) is 0. The molecule has 3 heterocycles. The lowest BCUT2D eigenvalue weighted by atomic mass is 10.2. The van der Waals surface area contributed by atoms with Crippen molar-refractivity contribution >= 4 is 10.9 Å². The molecule has 27 heavy (non-hydrogen) atoms. The molecule has 0 N–H and O–H groups in total. The Morgan fingerprint density at radius 2 is 2.07 bits per heavy atom. The van der Waals surface area contributed by atoms with Gasteiger partial charge in [-0.3, -0.25) is 14.3 Å². The van der Waals surface area contributed by atoms with Gasteiger partial charge in [0.2, 0.25) is 11.8 Å². The molecule has 1 aromatic carbocycles. The quantitative estimate of drug-likeness (QED) is 0.695. The molecule has 1 aliphatic rings. The number of morpholine rings is 1. The number of benzene rings is 1. The highest BCUT2D eigenvalue weighted by Crippen LogP contribution is 2.26. The molecule has 3 aromatic rings. The lowest BCUT2D eigenvalue weighted by molar-refractivity contribution is -0.0242. The fourth-order valence-electron chi connectivity index (χ4n) is 3.26. The minimum atomic E-state index is -0.151. The van der Waals surface area contributed by atoms with Gasteiger partial charge in [0.25, 0.3) is 5.56 Å². The predicted molar refractivity (Wildman–Crippen MR) is 99.3 cm³/mol. The maximum Gasteiger partial charge on any atom is 0.261 e. The van der Waals surface area contributed by atoms with Crippen LogP contribution in [0.5, 0.6) is 0 Å². The van der Waals surface area contributed by atoms with Crippen LogP contribution in [0.15, 0.2) is 33.5 Å². The van der Waals surface area contributed by atoms with Crippen LogP contribution in [-0.4, -0.2) is 44.4 Å². The van der Waals surface area contributed by atoms with Crippen molar-refractivity contribution in [1.82, 2.24) is 24.6 Å². The van der Waals surface area contributed by atoms with Crippen LogP contribution in [-0.2, 0) is 18.3 Å². The molecule has 1 fully saturated rings. The summed E-state index contributed by atoms with van der Waals surface area (Å²) >= 11 is 0. The second-order valence-corrected chi connectivity index (χ2v) is 7.10. The van der Waals surface area contributed by atoms with Gasteiger partial charge in [0.1, 0.15) is 11.9 Å². The number of para-hydroxylation sites is 1. The van der Waals surface area contributed by atoms with Gasteiger partial charge in [-0.1, -0.05) is 26.0 Å². The van der Waals surface area contributed by atoms with Crippen LogP contribution >= 0.6 is 0 Å². The van der Waals surface area contributed by atoms with Gasteiger partial charge in [0.05, 0.1) is 30.7 Å². The standard InChI is InChI=1S/C19H23N5O3/c1-12(2)17-21-22-18(27-17)15-11-26-9-8-24(15)10-16-20-14-7-5-4-6-13(14)19(25)23(16)3/h4-7,12,15H,8-11H2,1-3H3. The van der Waals surface area contributed by atoms with Crippen LogP contribution < -0.4 is 5.56 Å². The van der Waals surface area contributed by atoms with E-state index in [0.717, 1.165) is 0 Å². The molecule has 8 heteroatoms. The number of ether oxygens (including phenoxy) is 1. The van der Waals surface area contributed by atoms with Crippen molar-refractivity contribution in [3.8, 4) is 0 Å². The summed E-state index contributed by atoms with van der Waals surface area (Å²) < 4.78 is 13.1. The lowest BCUT2D eigenvalue weighted by Crippen LogP contribution is -2.40. The number of hydrogen-bond acceptors (Lipinski definition) is 7. The number of hydrogen-bond donors (Lipinski definition) is 0. The normalized spacial score (nSPS) is 18.4. The van der Waals surface area contributed by atoms with Crippen LogP contribution in [0.25, 0.3) is 10.9 Å². The number of aromatic nitrogens is 4. The van der Waals surface area contributed by atoms with Gasteiger partial charge >= 0.3 is 0 Å². The van der Waals surface area contributed by atoms with Crippen molar-refractivity contribution in [3.63, 3.8) is 0 Å². The minimum Gasteiger partial charge on any atom is -0.423 e.